The summed E-state index contributed by atoms with van der Waals surface area (Å²) in [7, 11) is 0. The van der Waals surface area contributed by atoms with Crippen LogP contribution in [-0.2, 0) is 12.8 Å². The Morgan fingerprint density at radius 2 is 1.74 bits per heavy atom. The number of nitrogens with zero attached hydrogens (tertiary/aromatic N) is 1. The number of hydrogen-bond acceptors (Lipinski definition) is 2. The predicted octanol–water partition coefficient (Wildman–Crippen LogP) is 6.29. The van der Waals surface area contributed by atoms with Gasteiger partial charge in [0.1, 0.15) is 5.52 Å². The Balaban J connectivity index is 1.54. The van der Waals surface area contributed by atoms with Crippen molar-refractivity contribution in [3.05, 3.63) is 88.3 Å². The third-order valence-electron chi connectivity index (χ3n) is 5.54. The van der Waals surface area contributed by atoms with Gasteiger partial charge in [-0.15, -0.1) is 0 Å². The number of hydrogen-bond donors (Lipinski definition) is 0. The Bertz CT molecular complexity index is 1280. The molecule has 1 heterocycles. The number of oxazole rings is 1. The Labute approximate surface area is 157 Å². The second-order valence-electron chi connectivity index (χ2n) is 7.16. The first-order valence-corrected chi connectivity index (χ1v) is 9.35. The van der Waals surface area contributed by atoms with E-state index in [9.17, 15) is 0 Å². The van der Waals surface area contributed by atoms with Gasteiger partial charge in [0, 0.05) is 6.08 Å². The lowest BCUT2D eigenvalue weighted by molar-refractivity contribution is 0.589. The lowest BCUT2D eigenvalue weighted by atomic mass is 9.82. The highest BCUT2D eigenvalue weighted by Crippen LogP contribution is 2.38. The maximum Gasteiger partial charge on any atom is 0.220 e. The summed E-state index contributed by atoms with van der Waals surface area (Å²) in [6, 6.07) is 14.7. The number of benzene rings is 3. The van der Waals surface area contributed by atoms with Crippen LogP contribution >= 0.6 is 0 Å². The van der Waals surface area contributed by atoms with Crippen LogP contribution in [0.4, 0.5) is 0 Å². The number of fused-ring (bicyclic) bond motifs is 1. The number of allylic oxidation sites excluding steroid dienone is 2. The first-order chi connectivity index (χ1) is 13.4. The van der Waals surface area contributed by atoms with E-state index in [0.29, 0.717) is 5.89 Å². The van der Waals surface area contributed by atoms with Crippen LogP contribution in [0.15, 0.2) is 59.0 Å². The van der Waals surface area contributed by atoms with E-state index in [1.807, 2.05) is 30.3 Å². The van der Waals surface area contributed by atoms with E-state index in [2.05, 4.69) is 53.6 Å². The molecule has 2 aliphatic carbocycles. The first-order valence-electron chi connectivity index (χ1n) is 9.35. The van der Waals surface area contributed by atoms with Crippen molar-refractivity contribution >= 4 is 46.2 Å². The van der Waals surface area contributed by atoms with Crippen LogP contribution in [0, 0.1) is 0 Å². The zero-order valence-electron chi connectivity index (χ0n) is 14.8. The largest absolute Gasteiger partial charge is 0.437 e. The van der Waals surface area contributed by atoms with Crippen LogP contribution in [0.3, 0.4) is 0 Å². The quantitative estimate of drug-likeness (QED) is 0.426. The maximum atomic E-state index is 5.85. The maximum absolute atomic E-state index is 5.85. The minimum absolute atomic E-state index is 0.646. The lowest BCUT2D eigenvalue weighted by Gasteiger charge is -2.21. The third-order valence-corrected chi connectivity index (χ3v) is 5.54. The van der Waals surface area contributed by atoms with Crippen molar-refractivity contribution in [2.45, 2.75) is 12.8 Å². The summed E-state index contributed by atoms with van der Waals surface area (Å²) in [4.78, 5) is 4.56. The van der Waals surface area contributed by atoms with E-state index in [0.717, 1.165) is 23.9 Å². The van der Waals surface area contributed by atoms with E-state index in [-0.39, 0.29) is 0 Å². The van der Waals surface area contributed by atoms with Crippen LogP contribution in [0.1, 0.15) is 33.7 Å². The monoisotopic (exact) mass is 347 g/mol. The predicted molar refractivity (Wildman–Crippen MR) is 112 cm³/mol. The molecular weight excluding hydrogens is 330 g/mol. The van der Waals surface area contributed by atoms with Gasteiger partial charge in [0.15, 0.2) is 5.58 Å². The fourth-order valence-corrected chi connectivity index (χ4v) is 4.34. The van der Waals surface area contributed by atoms with Gasteiger partial charge in [-0.3, -0.25) is 0 Å². The molecule has 0 spiro atoms. The van der Waals surface area contributed by atoms with E-state index in [1.165, 1.54) is 38.6 Å². The molecule has 4 aromatic rings. The minimum atomic E-state index is 0.646. The summed E-state index contributed by atoms with van der Waals surface area (Å²) in [5, 5.41) is 2.84. The average molecular weight is 347 g/mol. The normalized spacial score (nSPS) is 14.7. The van der Waals surface area contributed by atoms with Gasteiger partial charge >= 0.3 is 0 Å². The van der Waals surface area contributed by atoms with Gasteiger partial charge in [-0.1, -0.05) is 48.6 Å². The van der Waals surface area contributed by atoms with Gasteiger partial charge in [-0.05, 0) is 75.7 Å². The van der Waals surface area contributed by atoms with E-state index >= 15 is 0 Å². The van der Waals surface area contributed by atoms with Crippen molar-refractivity contribution < 1.29 is 4.42 Å². The smallest absolute Gasteiger partial charge is 0.220 e. The van der Waals surface area contributed by atoms with Gasteiger partial charge in [-0.2, -0.15) is 0 Å². The molecule has 2 heteroatoms. The molecule has 0 N–H and O–H groups in total. The van der Waals surface area contributed by atoms with Crippen molar-refractivity contribution in [1.29, 1.82) is 0 Å². The number of para-hydroxylation sites is 2. The van der Waals surface area contributed by atoms with Gasteiger partial charge < -0.3 is 4.42 Å². The summed E-state index contributed by atoms with van der Waals surface area (Å²) in [6.07, 6.45) is 15.1. The fourth-order valence-electron chi connectivity index (χ4n) is 4.34. The van der Waals surface area contributed by atoms with Gasteiger partial charge in [0.05, 0.1) is 0 Å². The molecule has 0 saturated carbocycles. The summed E-state index contributed by atoms with van der Waals surface area (Å²) in [5.74, 6) is 0.646. The minimum Gasteiger partial charge on any atom is -0.437 e. The Morgan fingerprint density at radius 1 is 0.852 bits per heavy atom. The molecule has 0 amide bonds. The van der Waals surface area contributed by atoms with Crippen molar-refractivity contribution in [2.24, 2.45) is 0 Å². The zero-order valence-corrected chi connectivity index (χ0v) is 14.8. The zero-order chi connectivity index (χ0) is 17.8. The molecule has 0 radical (unpaired) electrons. The molecule has 27 heavy (non-hydrogen) atoms. The number of aromatic nitrogens is 1. The lowest BCUT2D eigenvalue weighted by Crippen LogP contribution is -2.02. The van der Waals surface area contributed by atoms with Crippen LogP contribution in [0.5, 0.6) is 0 Å². The van der Waals surface area contributed by atoms with Crippen LogP contribution in [0.2, 0.25) is 0 Å². The Kier molecular flexibility index (Phi) is 3.03. The third kappa shape index (κ3) is 2.23. The second-order valence-corrected chi connectivity index (χ2v) is 7.16. The molecule has 1 aromatic heterocycles. The summed E-state index contributed by atoms with van der Waals surface area (Å²) < 4.78 is 5.85. The molecule has 3 aromatic carbocycles. The van der Waals surface area contributed by atoms with Crippen LogP contribution in [-0.4, -0.2) is 4.98 Å². The molecule has 6 rings (SSSR count). The molecule has 0 saturated heterocycles. The number of rotatable bonds is 2. The summed E-state index contributed by atoms with van der Waals surface area (Å²) in [5.41, 5.74) is 8.42. The van der Waals surface area contributed by atoms with Crippen LogP contribution in [0.25, 0.3) is 46.2 Å². The Morgan fingerprint density at radius 3 is 2.70 bits per heavy atom. The highest BCUT2D eigenvalue weighted by molar-refractivity contribution is 6.04. The standard InChI is InChI=1S/C25H17NO/c1-2-10-22-21(9-1)26-23(27-22)14-13-18-15-19-7-3-5-16-11-12-17-6-4-8-20(18)25(17)24(16)19/h1-4,6-7,9-15H,5,8H2/b14-13+. The van der Waals surface area contributed by atoms with E-state index in [1.54, 1.807) is 0 Å². The van der Waals surface area contributed by atoms with E-state index < -0.39 is 0 Å². The van der Waals surface area contributed by atoms with Crippen molar-refractivity contribution in [3.8, 4) is 0 Å². The highest BCUT2D eigenvalue weighted by Gasteiger charge is 2.18. The molecule has 0 bridgehead atoms. The molecular formula is C25H17NO. The summed E-state index contributed by atoms with van der Waals surface area (Å²) >= 11 is 0. The highest BCUT2D eigenvalue weighted by atomic mass is 16.3. The van der Waals surface area contributed by atoms with Gasteiger partial charge in [-0.25, -0.2) is 4.98 Å². The first kappa shape index (κ1) is 14.7. The fraction of sp³-hybridized carbons (Fsp3) is 0.0800. The van der Waals surface area contributed by atoms with Crippen molar-refractivity contribution in [1.82, 2.24) is 4.98 Å². The molecule has 0 unspecified atom stereocenters. The second kappa shape index (κ2) is 5.55. The van der Waals surface area contributed by atoms with E-state index in [4.69, 9.17) is 4.42 Å². The Hall–Kier alpha value is -3.39. The average Bonchev–Trinajstić information content (AvgIpc) is 3.14. The van der Waals surface area contributed by atoms with Crippen molar-refractivity contribution in [2.75, 3.05) is 0 Å². The molecule has 128 valence electrons. The molecule has 2 nitrogen and oxygen atoms in total. The molecule has 0 atom stereocenters. The molecule has 0 fully saturated rings. The SMILES string of the molecule is C1=Cc2cc(/C=C/c3nc4ccccc4o3)c3c4c(ccc(c24)C1)C=CC3. The van der Waals surface area contributed by atoms with Gasteiger partial charge in [0.25, 0.3) is 0 Å². The molecule has 0 aliphatic heterocycles. The topological polar surface area (TPSA) is 26.0 Å². The molecule has 2 aliphatic rings. The van der Waals surface area contributed by atoms with Crippen LogP contribution < -0.4 is 0 Å². The van der Waals surface area contributed by atoms with Crippen molar-refractivity contribution in [3.63, 3.8) is 0 Å². The summed E-state index contributed by atoms with van der Waals surface area (Å²) in [6.45, 7) is 0. The van der Waals surface area contributed by atoms with Gasteiger partial charge in [0.2, 0.25) is 5.89 Å².